The summed E-state index contributed by atoms with van der Waals surface area (Å²) in [7, 11) is 0. The number of hydrogen-bond donors (Lipinski definition) is 2. The highest BCUT2D eigenvalue weighted by Gasteiger charge is 2.07. The van der Waals surface area contributed by atoms with E-state index in [0.717, 1.165) is 4.47 Å². The Morgan fingerprint density at radius 2 is 2.28 bits per heavy atom. The van der Waals surface area contributed by atoms with Crippen LogP contribution in [0, 0.1) is 5.92 Å². The molecule has 0 unspecified atom stereocenters. The molecular formula is C11H14BrN5O. The molecule has 0 fully saturated rings. The molecule has 0 saturated heterocycles. The number of pyridine rings is 1. The number of nitrogens with one attached hydrogen (secondary N) is 2. The molecule has 0 spiro atoms. The smallest absolute Gasteiger partial charge is 0.321 e. The standard InChI is InChI=1S/C11H14BrN5O/c1-7(2)5-13-11(18)15-10-14-9-4-3-8(12)6-17(9)16-10/h3-4,6-7H,5H2,1-2H3,(H2,13,15,16,18). The maximum atomic E-state index is 11.5. The fourth-order valence-electron chi connectivity index (χ4n) is 1.35. The molecule has 0 aliphatic carbocycles. The maximum Gasteiger partial charge on any atom is 0.321 e. The Hall–Kier alpha value is -1.63. The molecule has 7 heteroatoms. The summed E-state index contributed by atoms with van der Waals surface area (Å²) < 4.78 is 2.50. The van der Waals surface area contributed by atoms with Gasteiger partial charge in [0, 0.05) is 17.2 Å². The normalized spacial score (nSPS) is 10.9. The van der Waals surface area contributed by atoms with Crippen LogP contribution in [0.2, 0.25) is 0 Å². The van der Waals surface area contributed by atoms with Crippen molar-refractivity contribution in [3.05, 3.63) is 22.8 Å². The van der Waals surface area contributed by atoms with Crippen molar-refractivity contribution in [3.63, 3.8) is 0 Å². The molecule has 0 saturated carbocycles. The van der Waals surface area contributed by atoms with Gasteiger partial charge in [0.2, 0.25) is 0 Å². The SMILES string of the molecule is CC(C)CNC(=O)Nc1nc2ccc(Br)cn2n1. The number of nitrogens with zero attached hydrogens (tertiary/aromatic N) is 3. The molecule has 2 heterocycles. The van der Waals surface area contributed by atoms with Gasteiger partial charge in [0.25, 0.3) is 5.95 Å². The van der Waals surface area contributed by atoms with Gasteiger partial charge in [-0.2, -0.15) is 4.98 Å². The van der Waals surface area contributed by atoms with Gasteiger partial charge in [0.05, 0.1) is 0 Å². The molecule has 0 atom stereocenters. The molecule has 2 aromatic rings. The highest BCUT2D eigenvalue weighted by atomic mass is 79.9. The Kier molecular flexibility index (Phi) is 3.81. The lowest BCUT2D eigenvalue weighted by atomic mass is 10.2. The molecule has 2 amide bonds. The molecule has 18 heavy (non-hydrogen) atoms. The number of hydrogen-bond acceptors (Lipinski definition) is 3. The minimum atomic E-state index is -0.293. The summed E-state index contributed by atoms with van der Waals surface area (Å²) in [6, 6.07) is 3.39. The van der Waals surface area contributed by atoms with Gasteiger partial charge in [-0.15, -0.1) is 5.10 Å². The van der Waals surface area contributed by atoms with Crippen molar-refractivity contribution < 1.29 is 4.79 Å². The Morgan fingerprint density at radius 1 is 1.50 bits per heavy atom. The fourth-order valence-corrected chi connectivity index (χ4v) is 1.68. The number of anilines is 1. The highest BCUT2D eigenvalue weighted by molar-refractivity contribution is 9.10. The van der Waals surface area contributed by atoms with Crippen molar-refractivity contribution in [2.24, 2.45) is 5.92 Å². The summed E-state index contributed by atoms with van der Waals surface area (Å²) in [5.41, 5.74) is 0.678. The van der Waals surface area contributed by atoms with Crippen LogP contribution < -0.4 is 10.6 Å². The fraction of sp³-hybridized carbons (Fsp3) is 0.364. The van der Waals surface area contributed by atoms with E-state index in [-0.39, 0.29) is 12.0 Å². The topological polar surface area (TPSA) is 71.3 Å². The molecule has 0 aromatic carbocycles. The van der Waals surface area contributed by atoms with E-state index >= 15 is 0 Å². The summed E-state index contributed by atoms with van der Waals surface area (Å²) in [6.07, 6.45) is 1.78. The van der Waals surface area contributed by atoms with Crippen LogP contribution in [0.5, 0.6) is 0 Å². The van der Waals surface area contributed by atoms with Crippen LogP contribution in [-0.2, 0) is 0 Å². The number of halogens is 1. The van der Waals surface area contributed by atoms with Gasteiger partial charge in [-0.25, -0.2) is 9.31 Å². The van der Waals surface area contributed by atoms with Crippen LogP contribution in [0.3, 0.4) is 0 Å². The molecule has 0 radical (unpaired) electrons. The van der Waals surface area contributed by atoms with Crippen molar-refractivity contribution in [1.29, 1.82) is 0 Å². The molecule has 0 bridgehead atoms. The number of rotatable bonds is 3. The van der Waals surface area contributed by atoms with E-state index in [0.29, 0.717) is 18.1 Å². The molecule has 2 aromatic heterocycles. The second-order valence-corrected chi connectivity index (χ2v) is 5.23. The number of fused-ring (bicyclic) bond motifs is 1. The number of aromatic nitrogens is 3. The lowest BCUT2D eigenvalue weighted by molar-refractivity contribution is 0.250. The maximum absolute atomic E-state index is 11.5. The van der Waals surface area contributed by atoms with Gasteiger partial charge >= 0.3 is 6.03 Å². The third kappa shape index (κ3) is 3.19. The van der Waals surface area contributed by atoms with Gasteiger partial charge in [-0.1, -0.05) is 13.8 Å². The van der Waals surface area contributed by atoms with Crippen molar-refractivity contribution >= 4 is 33.6 Å². The summed E-state index contributed by atoms with van der Waals surface area (Å²) in [5, 5.41) is 9.48. The minimum Gasteiger partial charge on any atom is -0.338 e. The van der Waals surface area contributed by atoms with Crippen molar-refractivity contribution in [3.8, 4) is 0 Å². The molecule has 0 aliphatic heterocycles. The predicted octanol–water partition coefficient (Wildman–Crippen LogP) is 2.27. The largest absolute Gasteiger partial charge is 0.338 e. The lowest BCUT2D eigenvalue weighted by Crippen LogP contribution is -2.32. The van der Waals surface area contributed by atoms with E-state index in [4.69, 9.17) is 0 Å². The van der Waals surface area contributed by atoms with E-state index in [1.165, 1.54) is 0 Å². The number of amides is 2. The van der Waals surface area contributed by atoms with Crippen LogP contribution >= 0.6 is 15.9 Å². The second-order valence-electron chi connectivity index (χ2n) is 4.31. The molecule has 6 nitrogen and oxygen atoms in total. The van der Waals surface area contributed by atoms with Crippen LogP contribution in [0.15, 0.2) is 22.8 Å². The summed E-state index contributed by atoms with van der Waals surface area (Å²) in [6.45, 7) is 4.67. The Balaban J connectivity index is 2.05. The number of carbonyl (C=O) groups is 1. The first-order valence-electron chi connectivity index (χ1n) is 5.61. The Bertz CT molecular complexity index is 566. The van der Waals surface area contributed by atoms with E-state index < -0.39 is 0 Å². The van der Waals surface area contributed by atoms with Crippen molar-refractivity contribution in [1.82, 2.24) is 19.9 Å². The first-order valence-corrected chi connectivity index (χ1v) is 6.40. The molecule has 2 N–H and O–H groups in total. The predicted molar refractivity (Wildman–Crippen MR) is 72.5 cm³/mol. The monoisotopic (exact) mass is 311 g/mol. The van der Waals surface area contributed by atoms with Gasteiger partial charge in [0.15, 0.2) is 5.65 Å². The van der Waals surface area contributed by atoms with Crippen molar-refractivity contribution in [2.75, 3.05) is 11.9 Å². The van der Waals surface area contributed by atoms with Gasteiger partial charge in [-0.3, -0.25) is 5.32 Å². The summed E-state index contributed by atoms with van der Waals surface area (Å²) in [4.78, 5) is 15.7. The third-order valence-corrected chi connectivity index (χ3v) is 2.66. The Morgan fingerprint density at radius 3 is 3.00 bits per heavy atom. The molecular weight excluding hydrogens is 298 g/mol. The highest BCUT2D eigenvalue weighted by Crippen LogP contribution is 2.11. The average Bonchev–Trinajstić information content (AvgIpc) is 2.67. The molecule has 96 valence electrons. The van der Waals surface area contributed by atoms with Gasteiger partial charge in [0.1, 0.15) is 0 Å². The van der Waals surface area contributed by atoms with E-state index in [2.05, 4.69) is 36.6 Å². The van der Waals surface area contributed by atoms with Crippen molar-refractivity contribution in [2.45, 2.75) is 13.8 Å². The summed E-state index contributed by atoms with van der Waals surface area (Å²) in [5.74, 6) is 0.690. The number of urea groups is 1. The summed E-state index contributed by atoms with van der Waals surface area (Å²) >= 11 is 3.35. The van der Waals surface area contributed by atoms with E-state index in [1.54, 1.807) is 10.7 Å². The quantitative estimate of drug-likeness (QED) is 0.913. The second kappa shape index (κ2) is 5.34. The zero-order valence-corrected chi connectivity index (χ0v) is 11.7. The first kappa shape index (κ1) is 12.8. The number of carbonyl (C=O) groups excluding carboxylic acids is 1. The first-order chi connectivity index (χ1) is 8.54. The molecule has 2 rings (SSSR count). The zero-order valence-electron chi connectivity index (χ0n) is 10.1. The van der Waals surface area contributed by atoms with E-state index in [1.807, 2.05) is 26.0 Å². The van der Waals surface area contributed by atoms with E-state index in [9.17, 15) is 4.79 Å². The lowest BCUT2D eigenvalue weighted by Gasteiger charge is -2.06. The average molecular weight is 312 g/mol. The third-order valence-electron chi connectivity index (χ3n) is 2.19. The van der Waals surface area contributed by atoms with Gasteiger partial charge in [-0.05, 0) is 34.0 Å². The minimum absolute atomic E-state index is 0.286. The van der Waals surface area contributed by atoms with Crippen LogP contribution in [0.25, 0.3) is 5.65 Å². The zero-order chi connectivity index (χ0) is 13.1. The Labute approximate surface area is 113 Å². The van der Waals surface area contributed by atoms with Crippen LogP contribution in [-0.4, -0.2) is 27.2 Å². The van der Waals surface area contributed by atoms with Gasteiger partial charge < -0.3 is 5.32 Å². The van der Waals surface area contributed by atoms with Crippen LogP contribution in [0.4, 0.5) is 10.7 Å². The molecule has 0 aliphatic rings. The van der Waals surface area contributed by atoms with Crippen LogP contribution in [0.1, 0.15) is 13.8 Å².